The molecule has 0 aromatic carbocycles. The smallest absolute Gasteiger partial charge is 0.0166 e. The van der Waals surface area contributed by atoms with Gasteiger partial charge in [0.05, 0.1) is 0 Å². The molecule has 2 N–H and O–H groups in total. The zero-order chi connectivity index (χ0) is 12.7. The fraction of sp³-hybridized carbons (Fsp3) is 1.00. The van der Waals surface area contributed by atoms with Gasteiger partial charge in [-0.1, -0.05) is 32.6 Å². The second-order valence-electron chi connectivity index (χ2n) is 6.16. The Kier molecular flexibility index (Phi) is 6.50. The van der Waals surface area contributed by atoms with Crippen molar-refractivity contribution in [2.24, 2.45) is 5.73 Å². The highest BCUT2D eigenvalue weighted by Gasteiger charge is 2.29. The topological polar surface area (TPSA) is 29.3 Å². The van der Waals surface area contributed by atoms with E-state index in [9.17, 15) is 0 Å². The van der Waals surface area contributed by atoms with Crippen LogP contribution in [0.5, 0.6) is 0 Å². The van der Waals surface area contributed by atoms with Crippen molar-refractivity contribution in [2.75, 3.05) is 13.1 Å². The molecule has 0 aromatic heterocycles. The van der Waals surface area contributed by atoms with Gasteiger partial charge in [0.2, 0.25) is 0 Å². The first-order valence-corrected chi connectivity index (χ1v) is 7.60. The SMILES string of the molecule is CCCCCN(CCC1(N)CCCC1)C(C)C. The molecule has 0 unspecified atom stereocenters. The van der Waals surface area contributed by atoms with E-state index in [1.54, 1.807) is 0 Å². The van der Waals surface area contributed by atoms with Crippen LogP contribution in [-0.2, 0) is 0 Å². The van der Waals surface area contributed by atoms with E-state index in [0.717, 1.165) is 0 Å². The normalized spacial score (nSPS) is 19.4. The highest BCUT2D eigenvalue weighted by Crippen LogP contribution is 2.30. The van der Waals surface area contributed by atoms with Crippen LogP contribution in [0.25, 0.3) is 0 Å². The standard InChI is InChI=1S/C15H32N2/c1-4-5-8-12-17(14(2)3)13-11-15(16)9-6-7-10-15/h14H,4-13,16H2,1-3H3. The largest absolute Gasteiger partial charge is 0.325 e. The summed E-state index contributed by atoms with van der Waals surface area (Å²) in [5.41, 5.74) is 6.60. The molecule has 0 heterocycles. The van der Waals surface area contributed by atoms with E-state index in [4.69, 9.17) is 5.73 Å². The van der Waals surface area contributed by atoms with E-state index in [2.05, 4.69) is 25.7 Å². The average Bonchev–Trinajstić information content (AvgIpc) is 2.70. The van der Waals surface area contributed by atoms with Crippen molar-refractivity contribution in [3.8, 4) is 0 Å². The summed E-state index contributed by atoms with van der Waals surface area (Å²) in [5.74, 6) is 0. The zero-order valence-corrected chi connectivity index (χ0v) is 12.2. The second-order valence-corrected chi connectivity index (χ2v) is 6.16. The summed E-state index contributed by atoms with van der Waals surface area (Å²) in [6, 6.07) is 0.664. The van der Waals surface area contributed by atoms with Crippen LogP contribution >= 0.6 is 0 Å². The lowest BCUT2D eigenvalue weighted by Crippen LogP contribution is -2.42. The Morgan fingerprint density at radius 3 is 2.29 bits per heavy atom. The van der Waals surface area contributed by atoms with E-state index < -0.39 is 0 Å². The van der Waals surface area contributed by atoms with Gasteiger partial charge in [-0.25, -0.2) is 0 Å². The van der Waals surface area contributed by atoms with Crippen molar-refractivity contribution >= 4 is 0 Å². The van der Waals surface area contributed by atoms with Gasteiger partial charge in [-0.2, -0.15) is 0 Å². The molecule has 1 fully saturated rings. The summed E-state index contributed by atoms with van der Waals surface area (Å²) in [5, 5.41) is 0. The molecule has 1 rings (SSSR count). The Labute approximate surface area is 108 Å². The van der Waals surface area contributed by atoms with Crippen molar-refractivity contribution in [3.63, 3.8) is 0 Å². The van der Waals surface area contributed by atoms with Gasteiger partial charge in [-0.15, -0.1) is 0 Å². The molecule has 17 heavy (non-hydrogen) atoms. The first kappa shape index (κ1) is 15.0. The number of unbranched alkanes of at least 4 members (excludes halogenated alkanes) is 2. The lowest BCUT2D eigenvalue weighted by Gasteiger charge is -2.31. The number of rotatable bonds is 8. The lowest BCUT2D eigenvalue weighted by atomic mass is 9.94. The maximum atomic E-state index is 6.44. The van der Waals surface area contributed by atoms with E-state index in [-0.39, 0.29) is 5.54 Å². The van der Waals surface area contributed by atoms with Crippen LogP contribution in [0.2, 0.25) is 0 Å². The van der Waals surface area contributed by atoms with Gasteiger partial charge in [-0.05, 0) is 46.1 Å². The van der Waals surface area contributed by atoms with E-state index in [1.807, 2.05) is 0 Å². The highest BCUT2D eigenvalue weighted by atomic mass is 15.1. The molecule has 1 aliphatic rings. The molecule has 2 heteroatoms. The molecule has 1 saturated carbocycles. The third kappa shape index (κ3) is 5.39. The molecule has 2 nitrogen and oxygen atoms in total. The van der Waals surface area contributed by atoms with Crippen LogP contribution < -0.4 is 5.73 Å². The van der Waals surface area contributed by atoms with Crippen molar-refractivity contribution in [1.82, 2.24) is 4.90 Å². The Hall–Kier alpha value is -0.0800. The molecule has 0 bridgehead atoms. The molecule has 102 valence electrons. The molecule has 0 spiro atoms. The zero-order valence-electron chi connectivity index (χ0n) is 12.2. The van der Waals surface area contributed by atoms with Crippen LogP contribution in [0.15, 0.2) is 0 Å². The molecule has 0 saturated heterocycles. The Bertz CT molecular complexity index is 195. The molecular formula is C15H32N2. The van der Waals surface area contributed by atoms with Gasteiger partial charge < -0.3 is 10.6 Å². The highest BCUT2D eigenvalue weighted by molar-refractivity contribution is 4.90. The third-order valence-corrected chi connectivity index (χ3v) is 4.28. The summed E-state index contributed by atoms with van der Waals surface area (Å²) < 4.78 is 0. The predicted octanol–water partition coefficient (Wildman–Crippen LogP) is 3.55. The Balaban J connectivity index is 2.28. The summed E-state index contributed by atoms with van der Waals surface area (Å²) in [6.07, 6.45) is 10.4. The minimum Gasteiger partial charge on any atom is -0.325 e. The molecule has 0 amide bonds. The summed E-state index contributed by atoms with van der Waals surface area (Å²) in [7, 11) is 0. The molecular weight excluding hydrogens is 208 g/mol. The van der Waals surface area contributed by atoms with Crippen molar-refractivity contribution in [1.29, 1.82) is 0 Å². The first-order valence-electron chi connectivity index (χ1n) is 7.60. The number of hydrogen-bond acceptors (Lipinski definition) is 2. The van der Waals surface area contributed by atoms with Gasteiger partial charge >= 0.3 is 0 Å². The van der Waals surface area contributed by atoms with Gasteiger partial charge in [0.25, 0.3) is 0 Å². The van der Waals surface area contributed by atoms with Crippen LogP contribution in [-0.4, -0.2) is 29.6 Å². The quantitative estimate of drug-likeness (QED) is 0.657. The second kappa shape index (κ2) is 7.38. The Morgan fingerprint density at radius 1 is 1.12 bits per heavy atom. The number of nitrogens with zero attached hydrogens (tertiary/aromatic N) is 1. The molecule has 0 atom stereocenters. The fourth-order valence-corrected chi connectivity index (χ4v) is 2.89. The van der Waals surface area contributed by atoms with Gasteiger partial charge in [0.1, 0.15) is 0 Å². The van der Waals surface area contributed by atoms with Crippen LogP contribution in [0, 0.1) is 0 Å². The molecule has 1 aliphatic carbocycles. The van der Waals surface area contributed by atoms with Crippen molar-refractivity contribution in [3.05, 3.63) is 0 Å². The van der Waals surface area contributed by atoms with Crippen molar-refractivity contribution in [2.45, 2.75) is 83.7 Å². The van der Waals surface area contributed by atoms with Gasteiger partial charge in [0, 0.05) is 18.1 Å². The Morgan fingerprint density at radius 2 is 1.76 bits per heavy atom. The lowest BCUT2D eigenvalue weighted by molar-refractivity contribution is 0.193. The van der Waals surface area contributed by atoms with Crippen LogP contribution in [0.1, 0.15) is 72.1 Å². The summed E-state index contributed by atoms with van der Waals surface area (Å²) in [6.45, 7) is 9.33. The summed E-state index contributed by atoms with van der Waals surface area (Å²) in [4.78, 5) is 2.61. The summed E-state index contributed by atoms with van der Waals surface area (Å²) >= 11 is 0. The van der Waals surface area contributed by atoms with Crippen LogP contribution in [0.4, 0.5) is 0 Å². The third-order valence-electron chi connectivity index (χ3n) is 4.28. The van der Waals surface area contributed by atoms with Gasteiger partial charge in [-0.3, -0.25) is 0 Å². The minimum atomic E-state index is 0.165. The molecule has 0 radical (unpaired) electrons. The predicted molar refractivity (Wildman–Crippen MR) is 76.2 cm³/mol. The minimum absolute atomic E-state index is 0.165. The number of nitrogens with two attached hydrogens (primary N) is 1. The maximum absolute atomic E-state index is 6.44. The van der Waals surface area contributed by atoms with E-state index in [1.165, 1.54) is 64.5 Å². The molecule has 0 aromatic rings. The van der Waals surface area contributed by atoms with E-state index in [0.29, 0.717) is 6.04 Å². The fourth-order valence-electron chi connectivity index (χ4n) is 2.89. The van der Waals surface area contributed by atoms with E-state index >= 15 is 0 Å². The first-order chi connectivity index (χ1) is 8.07. The molecule has 0 aliphatic heterocycles. The van der Waals surface area contributed by atoms with Gasteiger partial charge in [0.15, 0.2) is 0 Å². The maximum Gasteiger partial charge on any atom is 0.0166 e. The van der Waals surface area contributed by atoms with Crippen molar-refractivity contribution < 1.29 is 0 Å². The van der Waals surface area contributed by atoms with Crippen LogP contribution in [0.3, 0.4) is 0 Å². The monoisotopic (exact) mass is 240 g/mol. The average molecular weight is 240 g/mol. The number of hydrogen-bond donors (Lipinski definition) is 1.